The quantitative estimate of drug-likeness (QED) is 0.373. The van der Waals surface area contributed by atoms with Crippen LogP contribution in [0.5, 0.6) is 5.75 Å². The second-order valence-corrected chi connectivity index (χ2v) is 7.29. The number of thiophene rings is 1. The number of hydrogen-bond donors (Lipinski definition) is 4. The molecular weight excluding hydrogens is 416 g/mol. The zero-order chi connectivity index (χ0) is 21.8. The summed E-state index contributed by atoms with van der Waals surface area (Å²) in [6, 6.07) is 13.4. The third-order valence-corrected chi connectivity index (χ3v) is 5.26. The van der Waals surface area contributed by atoms with Crippen LogP contribution in [0.3, 0.4) is 0 Å². The van der Waals surface area contributed by atoms with Gasteiger partial charge in [0.25, 0.3) is 5.91 Å². The van der Waals surface area contributed by atoms with Gasteiger partial charge in [-0.3, -0.25) is 4.79 Å². The fourth-order valence-electron chi connectivity index (χ4n) is 2.90. The van der Waals surface area contributed by atoms with E-state index in [1.807, 2.05) is 0 Å². The van der Waals surface area contributed by atoms with Gasteiger partial charge < -0.3 is 26.4 Å². The smallest absolute Gasteiger partial charge is 0.323 e. The molecule has 5 N–H and O–H groups in total. The van der Waals surface area contributed by atoms with Gasteiger partial charge in [0, 0.05) is 28.5 Å². The monoisotopic (exact) mass is 434 g/mol. The number of nitrogens with zero attached hydrogens (tertiary/aromatic N) is 2. The molecule has 156 valence electrons. The minimum atomic E-state index is -0.398. The molecule has 3 amide bonds. The standard InChI is InChI=1S/C21H18N6O3S/c1-30-15-4-2-3-14(9-15)27-21(29)26-13-7-5-12(6-8-13)25-19(28)16-10-31-20-17(16)18(22)23-11-24-20/h2-11H,1H3,(H,25,28)(H2,22,23,24)(H2,26,27,29). The van der Waals surface area contributed by atoms with Crippen LogP contribution in [-0.4, -0.2) is 29.0 Å². The molecule has 0 saturated carbocycles. The van der Waals surface area contributed by atoms with Crippen LogP contribution in [0.25, 0.3) is 10.2 Å². The Bertz CT molecular complexity index is 1260. The van der Waals surface area contributed by atoms with E-state index in [0.29, 0.717) is 38.6 Å². The first-order chi connectivity index (χ1) is 15.0. The molecule has 2 aromatic carbocycles. The molecule has 31 heavy (non-hydrogen) atoms. The van der Waals surface area contributed by atoms with Crippen LogP contribution in [0, 0.1) is 0 Å². The lowest BCUT2D eigenvalue weighted by molar-refractivity contribution is 0.102. The van der Waals surface area contributed by atoms with Crippen molar-refractivity contribution < 1.29 is 14.3 Å². The second kappa shape index (κ2) is 8.67. The van der Waals surface area contributed by atoms with E-state index in [1.54, 1.807) is 61.0 Å². The largest absolute Gasteiger partial charge is 0.497 e. The molecule has 9 nitrogen and oxygen atoms in total. The average molecular weight is 434 g/mol. The molecule has 2 aromatic heterocycles. The van der Waals surface area contributed by atoms with Crippen LogP contribution in [0.4, 0.5) is 27.7 Å². The number of nitrogens with two attached hydrogens (primary N) is 1. The lowest BCUT2D eigenvalue weighted by Gasteiger charge is -2.10. The van der Waals surface area contributed by atoms with Gasteiger partial charge in [0.1, 0.15) is 22.7 Å². The predicted octanol–water partition coefficient (Wildman–Crippen LogP) is 4.18. The van der Waals surface area contributed by atoms with Crippen molar-refractivity contribution >= 4 is 56.4 Å². The van der Waals surface area contributed by atoms with Crippen molar-refractivity contribution in [2.45, 2.75) is 0 Å². The number of hydrogen-bond acceptors (Lipinski definition) is 7. The Hall–Kier alpha value is -4.18. The molecule has 0 aliphatic rings. The van der Waals surface area contributed by atoms with E-state index in [2.05, 4.69) is 25.9 Å². The highest BCUT2D eigenvalue weighted by molar-refractivity contribution is 7.17. The van der Waals surface area contributed by atoms with E-state index in [9.17, 15) is 9.59 Å². The van der Waals surface area contributed by atoms with Crippen molar-refractivity contribution in [2.24, 2.45) is 0 Å². The Morgan fingerprint density at radius 2 is 1.68 bits per heavy atom. The highest BCUT2D eigenvalue weighted by Gasteiger charge is 2.16. The Morgan fingerprint density at radius 3 is 2.42 bits per heavy atom. The molecule has 4 rings (SSSR count). The normalized spacial score (nSPS) is 10.5. The van der Waals surface area contributed by atoms with Gasteiger partial charge in [-0.2, -0.15) is 0 Å². The van der Waals surface area contributed by atoms with Gasteiger partial charge in [-0.05, 0) is 36.4 Å². The molecule has 0 atom stereocenters. The van der Waals surface area contributed by atoms with E-state index in [1.165, 1.54) is 17.7 Å². The van der Waals surface area contributed by atoms with Crippen molar-refractivity contribution in [3.8, 4) is 5.75 Å². The minimum absolute atomic E-state index is 0.262. The van der Waals surface area contributed by atoms with Gasteiger partial charge in [0.15, 0.2) is 0 Å². The fourth-order valence-corrected chi connectivity index (χ4v) is 3.79. The summed E-state index contributed by atoms with van der Waals surface area (Å²) in [5, 5.41) is 10.5. The lowest BCUT2D eigenvalue weighted by atomic mass is 10.2. The molecule has 0 saturated heterocycles. The molecule has 4 aromatic rings. The van der Waals surface area contributed by atoms with Crippen LogP contribution in [0.15, 0.2) is 60.2 Å². The summed E-state index contributed by atoms with van der Waals surface area (Å²) in [4.78, 5) is 33.6. The highest BCUT2D eigenvalue weighted by Crippen LogP contribution is 2.28. The minimum Gasteiger partial charge on any atom is -0.497 e. The van der Waals surface area contributed by atoms with Gasteiger partial charge in [-0.15, -0.1) is 11.3 Å². The maximum atomic E-state index is 12.7. The summed E-state index contributed by atoms with van der Waals surface area (Å²) in [7, 11) is 1.56. The Labute approximate surface area is 181 Å². The average Bonchev–Trinajstić information content (AvgIpc) is 3.21. The van der Waals surface area contributed by atoms with Crippen molar-refractivity contribution in [2.75, 3.05) is 28.8 Å². The summed E-state index contributed by atoms with van der Waals surface area (Å²) in [5.74, 6) is 0.590. The highest BCUT2D eigenvalue weighted by atomic mass is 32.1. The number of amides is 3. The third kappa shape index (κ3) is 4.54. The van der Waals surface area contributed by atoms with E-state index in [0.717, 1.165) is 0 Å². The second-order valence-electron chi connectivity index (χ2n) is 6.43. The summed E-state index contributed by atoms with van der Waals surface area (Å²) < 4.78 is 5.14. The van der Waals surface area contributed by atoms with Gasteiger partial charge in [-0.25, -0.2) is 14.8 Å². The topological polar surface area (TPSA) is 131 Å². The molecular formula is C21H18N6O3S. The van der Waals surface area contributed by atoms with Crippen LogP contribution in [-0.2, 0) is 0 Å². The molecule has 0 radical (unpaired) electrons. The van der Waals surface area contributed by atoms with Gasteiger partial charge in [0.2, 0.25) is 0 Å². The number of rotatable bonds is 5. The van der Waals surface area contributed by atoms with Crippen molar-refractivity contribution in [3.05, 3.63) is 65.8 Å². The van der Waals surface area contributed by atoms with Gasteiger partial charge in [0.05, 0.1) is 18.1 Å². The zero-order valence-electron chi connectivity index (χ0n) is 16.4. The Kier molecular flexibility index (Phi) is 5.63. The van der Waals surface area contributed by atoms with Crippen molar-refractivity contribution in [1.29, 1.82) is 0 Å². The number of carbonyl (C=O) groups is 2. The fraction of sp³-hybridized carbons (Fsp3) is 0.0476. The zero-order valence-corrected chi connectivity index (χ0v) is 17.2. The first kappa shape index (κ1) is 20.1. The molecule has 2 heterocycles. The number of nitrogen functional groups attached to an aromatic ring is 1. The SMILES string of the molecule is COc1cccc(NC(=O)Nc2ccc(NC(=O)c3csc4ncnc(N)c34)cc2)c1. The number of urea groups is 1. The number of fused-ring (bicyclic) bond motifs is 1. The number of methoxy groups -OCH3 is 1. The molecule has 0 aliphatic heterocycles. The van der Waals surface area contributed by atoms with E-state index >= 15 is 0 Å². The summed E-state index contributed by atoms with van der Waals surface area (Å²) in [6.45, 7) is 0. The van der Waals surface area contributed by atoms with Gasteiger partial charge >= 0.3 is 6.03 Å². The van der Waals surface area contributed by atoms with Crippen LogP contribution in [0.2, 0.25) is 0 Å². The molecule has 0 spiro atoms. The summed E-state index contributed by atoms with van der Waals surface area (Å²) >= 11 is 1.32. The molecule has 10 heteroatoms. The summed E-state index contributed by atoms with van der Waals surface area (Å²) in [6.07, 6.45) is 1.37. The number of carbonyl (C=O) groups excluding carboxylic acids is 2. The molecule has 0 unspecified atom stereocenters. The Balaban J connectivity index is 1.39. The van der Waals surface area contributed by atoms with Crippen LogP contribution in [0.1, 0.15) is 10.4 Å². The number of ether oxygens (including phenoxy) is 1. The number of anilines is 4. The van der Waals surface area contributed by atoms with E-state index in [4.69, 9.17) is 10.5 Å². The molecule has 0 aliphatic carbocycles. The number of benzene rings is 2. The van der Waals surface area contributed by atoms with Crippen molar-refractivity contribution in [3.63, 3.8) is 0 Å². The van der Waals surface area contributed by atoms with Crippen molar-refractivity contribution in [1.82, 2.24) is 9.97 Å². The van der Waals surface area contributed by atoms with E-state index < -0.39 is 6.03 Å². The first-order valence-electron chi connectivity index (χ1n) is 9.14. The maximum Gasteiger partial charge on any atom is 0.323 e. The summed E-state index contributed by atoms with van der Waals surface area (Å²) in [5.41, 5.74) is 8.05. The third-order valence-electron chi connectivity index (χ3n) is 4.37. The predicted molar refractivity (Wildman–Crippen MR) is 122 cm³/mol. The molecule has 0 bridgehead atoms. The van der Waals surface area contributed by atoms with Gasteiger partial charge in [-0.1, -0.05) is 6.07 Å². The van der Waals surface area contributed by atoms with Crippen LogP contribution < -0.4 is 26.4 Å². The van der Waals surface area contributed by atoms with E-state index in [-0.39, 0.29) is 11.7 Å². The molecule has 0 fully saturated rings. The Morgan fingerprint density at radius 1 is 0.968 bits per heavy atom. The number of aromatic nitrogens is 2. The first-order valence-corrected chi connectivity index (χ1v) is 10.0. The maximum absolute atomic E-state index is 12.7. The number of nitrogens with one attached hydrogen (secondary N) is 3. The van der Waals surface area contributed by atoms with Crippen LogP contribution >= 0.6 is 11.3 Å². The lowest BCUT2D eigenvalue weighted by Crippen LogP contribution is -2.19.